The Morgan fingerprint density at radius 1 is 0.587 bits per heavy atom. The minimum atomic E-state index is -3.46. The van der Waals surface area contributed by atoms with Crippen LogP contribution in [-0.2, 0) is 45.6 Å². The van der Waals surface area contributed by atoms with Gasteiger partial charge in [-0.1, -0.05) is 24.3 Å². The van der Waals surface area contributed by atoms with Gasteiger partial charge in [0, 0.05) is 86.1 Å². The van der Waals surface area contributed by atoms with E-state index in [-0.39, 0.29) is 46.3 Å². The van der Waals surface area contributed by atoms with Crippen molar-refractivity contribution in [3.63, 3.8) is 0 Å². The Hall–Kier alpha value is -6.20. The molecule has 0 saturated carbocycles. The van der Waals surface area contributed by atoms with Crippen LogP contribution in [0, 0.1) is 11.6 Å². The van der Waals surface area contributed by atoms with Gasteiger partial charge in [0.15, 0.2) is 0 Å². The number of halogens is 2. The summed E-state index contributed by atoms with van der Waals surface area (Å²) in [4.78, 5) is 34.4. The molecule has 0 amide bonds. The molecule has 63 heavy (non-hydrogen) atoms. The first-order valence-electron chi connectivity index (χ1n) is 19.9. The van der Waals surface area contributed by atoms with Crippen LogP contribution in [0.5, 0.6) is 0 Å². The average Bonchev–Trinajstić information content (AvgIpc) is 3.42. The molecule has 0 saturated heterocycles. The number of nitrogens with one attached hydrogen (secondary N) is 1. The highest BCUT2D eigenvalue weighted by Gasteiger charge is 2.27. The second-order valence-corrected chi connectivity index (χ2v) is 19.9. The van der Waals surface area contributed by atoms with Gasteiger partial charge in [0.1, 0.15) is 11.6 Å². The summed E-state index contributed by atoms with van der Waals surface area (Å²) >= 11 is 0. The Kier molecular flexibility index (Phi) is 12.5. The predicted molar refractivity (Wildman–Crippen MR) is 243 cm³/mol. The van der Waals surface area contributed by atoms with Crippen LogP contribution in [0.2, 0.25) is 0 Å². The molecule has 2 atom stereocenters. The second kappa shape index (κ2) is 17.5. The van der Waals surface area contributed by atoms with E-state index < -0.39 is 20.0 Å². The standard InChI is InChI=1S/C24H24FN3O3S.C23H22FN3O3S/c1-15-20-12-23(29)28(4)13-22(20)21-11-16(14-32(30,31)27(2)3)5-10-19(21)24(26-15)17-6-8-18(25)9-7-17;1-14-19-11-22(28)27(3)12-21(19)20-10-15(13-31(29,30)25-2)4-9-18(20)23(26-14)16-5-7-17(24)8-6-16/h5-13,15H,14H2,1-4H3;4-12,14,25H,13H2,1-3H3/t15-;14-/m00/s1. The monoisotopic (exact) mass is 892 g/mol. The largest absolute Gasteiger partial charge is 0.318 e. The molecule has 0 aliphatic carbocycles. The summed E-state index contributed by atoms with van der Waals surface area (Å²) in [7, 11) is 0.832. The third-order valence-corrected chi connectivity index (χ3v) is 14.3. The van der Waals surface area contributed by atoms with Crippen molar-refractivity contribution in [3.05, 3.63) is 186 Å². The number of aromatic nitrogens is 2. The maximum Gasteiger partial charge on any atom is 0.250 e. The van der Waals surface area contributed by atoms with Crippen molar-refractivity contribution in [2.45, 2.75) is 37.4 Å². The van der Waals surface area contributed by atoms with Crippen LogP contribution in [0.4, 0.5) is 8.78 Å². The molecule has 2 aromatic heterocycles. The van der Waals surface area contributed by atoms with E-state index in [9.17, 15) is 35.2 Å². The zero-order valence-electron chi connectivity index (χ0n) is 35.7. The van der Waals surface area contributed by atoms with E-state index in [1.807, 2.05) is 38.1 Å². The highest BCUT2D eigenvalue weighted by Crippen LogP contribution is 2.39. The van der Waals surface area contributed by atoms with Gasteiger partial charge < -0.3 is 9.13 Å². The first-order chi connectivity index (χ1) is 29.7. The number of fused-ring (bicyclic) bond motifs is 6. The number of benzene rings is 4. The molecule has 1 N–H and O–H groups in total. The number of pyridine rings is 2. The molecule has 8 rings (SSSR count). The van der Waals surface area contributed by atoms with E-state index in [1.165, 1.54) is 58.8 Å². The molecule has 6 aromatic rings. The third kappa shape index (κ3) is 9.44. The summed E-state index contributed by atoms with van der Waals surface area (Å²) in [6.07, 6.45) is 3.52. The average molecular weight is 893 g/mol. The Labute approximate surface area is 365 Å². The second-order valence-electron chi connectivity index (χ2n) is 15.8. The zero-order valence-corrected chi connectivity index (χ0v) is 37.4. The summed E-state index contributed by atoms with van der Waals surface area (Å²) in [6.45, 7) is 3.81. The van der Waals surface area contributed by atoms with E-state index in [0.29, 0.717) is 22.6 Å². The van der Waals surface area contributed by atoms with Gasteiger partial charge in [0.2, 0.25) is 20.0 Å². The van der Waals surface area contributed by atoms with Gasteiger partial charge >= 0.3 is 0 Å². The number of nitrogens with zero attached hydrogens (tertiary/aromatic N) is 5. The van der Waals surface area contributed by atoms with Gasteiger partial charge in [-0.25, -0.2) is 34.6 Å². The summed E-state index contributed by atoms with van der Waals surface area (Å²) < 4.78 is 82.7. The molecule has 16 heteroatoms. The molecule has 12 nitrogen and oxygen atoms in total. The van der Waals surface area contributed by atoms with Crippen molar-refractivity contribution in [2.24, 2.45) is 24.1 Å². The maximum absolute atomic E-state index is 13.5. The molecule has 2 aliphatic heterocycles. The van der Waals surface area contributed by atoms with Crippen molar-refractivity contribution in [3.8, 4) is 22.3 Å². The lowest BCUT2D eigenvalue weighted by molar-refractivity contribution is 0.519. The SMILES string of the molecule is CNS(=O)(=O)Cc1ccc2c(c1)-c1cn(C)c(=O)cc1[C@H](C)N=C2c1ccc(F)cc1.C[C@@H]1N=C(c2ccc(F)cc2)c2ccc(CS(=O)(=O)N(C)C)cc2-c2cn(C)c(=O)cc21. The first-order valence-corrected chi connectivity index (χ1v) is 23.2. The van der Waals surface area contributed by atoms with Crippen LogP contribution in [0.1, 0.15) is 70.4 Å². The fourth-order valence-corrected chi connectivity index (χ4v) is 9.25. The third-order valence-electron chi connectivity index (χ3n) is 11.1. The van der Waals surface area contributed by atoms with E-state index in [0.717, 1.165) is 55.6 Å². The minimum Gasteiger partial charge on any atom is -0.318 e. The van der Waals surface area contributed by atoms with E-state index >= 15 is 0 Å². The first kappa shape index (κ1) is 44.8. The van der Waals surface area contributed by atoms with Gasteiger partial charge in [0.25, 0.3) is 11.1 Å². The van der Waals surface area contributed by atoms with Gasteiger partial charge in [-0.2, -0.15) is 0 Å². The smallest absolute Gasteiger partial charge is 0.250 e. The number of hydrogen-bond acceptors (Lipinski definition) is 8. The normalized spacial score (nSPS) is 15.7. The summed E-state index contributed by atoms with van der Waals surface area (Å²) in [5.41, 5.74) is 10.1. The Morgan fingerprint density at radius 2 is 0.984 bits per heavy atom. The van der Waals surface area contributed by atoms with E-state index in [4.69, 9.17) is 9.98 Å². The lowest BCUT2D eigenvalue weighted by atomic mass is 9.91. The van der Waals surface area contributed by atoms with Crippen LogP contribution in [0.3, 0.4) is 0 Å². The molecule has 0 fully saturated rings. The molecular formula is C47H46F2N6O6S2. The highest BCUT2D eigenvalue weighted by atomic mass is 32.2. The fraction of sp³-hybridized carbons (Fsp3) is 0.234. The molecule has 4 aromatic carbocycles. The number of aliphatic imine (C=N–C) groups is 2. The number of rotatable bonds is 8. The quantitative estimate of drug-likeness (QED) is 0.181. The molecule has 326 valence electrons. The summed E-state index contributed by atoms with van der Waals surface area (Å²) in [5, 5.41) is 0. The lowest BCUT2D eigenvalue weighted by Gasteiger charge is -2.16. The Morgan fingerprint density at radius 3 is 1.37 bits per heavy atom. The number of sulfonamides is 2. The van der Waals surface area contributed by atoms with Gasteiger partial charge in [-0.05, 0) is 115 Å². The minimum absolute atomic E-state index is 0.146. The molecular weight excluding hydrogens is 847 g/mol. The molecule has 0 bridgehead atoms. The van der Waals surface area contributed by atoms with Crippen molar-refractivity contribution in [1.82, 2.24) is 18.2 Å². The van der Waals surface area contributed by atoms with Crippen LogP contribution < -0.4 is 15.8 Å². The maximum atomic E-state index is 13.5. The number of aryl methyl sites for hydroxylation is 2. The van der Waals surface area contributed by atoms with Crippen molar-refractivity contribution < 1.29 is 25.6 Å². The van der Waals surface area contributed by atoms with Crippen LogP contribution in [0.25, 0.3) is 22.3 Å². The molecule has 0 radical (unpaired) electrons. The van der Waals surface area contributed by atoms with Crippen molar-refractivity contribution in [2.75, 3.05) is 21.1 Å². The summed E-state index contributed by atoms with van der Waals surface area (Å²) in [6, 6.07) is 25.6. The van der Waals surface area contributed by atoms with Crippen LogP contribution in [0.15, 0.2) is 129 Å². The van der Waals surface area contributed by atoms with Gasteiger partial charge in [-0.3, -0.25) is 19.6 Å². The fourth-order valence-electron chi connectivity index (χ4n) is 7.62. The highest BCUT2D eigenvalue weighted by molar-refractivity contribution is 7.88. The van der Waals surface area contributed by atoms with Gasteiger partial charge in [-0.15, -0.1) is 0 Å². The zero-order chi connectivity index (χ0) is 45.5. The lowest BCUT2D eigenvalue weighted by Crippen LogP contribution is -2.23. The van der Waals surface area contributed by atoms with Crippen molar-refractivity contribution in [1.29, 1.82) is 0 Å². The van der Waals surface area contributed by atoms with E-state index in [1.54, 1.807) is 75.0 Å². The van der Waals surface area contributed by atoms with E-state index in [2.05, 4.69) is 4.72 Å². The van der Waals surface area contributed by atoms with Crippen LogP contribution >= 0.6 is 0 Å². The molecule has 2 aliphatic rings. The molecule has 0 unspecified atom stereocenters. The van der Waals surface area contributed by atoms with Crippen LogP contribution in [-0.4, -0.2) is 62.8 Å². The predicted octanol–water partition coefficient (Wildman–Crippen LogP) is 6.65. The Bertz CT molecular complexity index is 3180. The van der Waals surface area contributed by atoms with Crippen molar-refractivity contribution >= 4 is 31.5 Å². The molecule has 0 spiro atoms. The Balaban J connectivity index is 0.000000189. The summed E-state index contributed by atoms with van der Waals surface area (Å²) in [5.74, 6) is -0.999. The number of hydrogen-bond donors (Lipinski definition) is 1. The van der Waals surface area contributed by atoms with Gasteiger partial charge in [0.05, 0.1) is 35.0 Å². The topological polar surface area (TPSA) is 152 Å². The molecule has 4 heterocycles.